The molecule has 6 nitrogen and oxygen atoms in total. The lowest BCUT2D eigenvalue weighted by atomic mass is 10.1. The monoisotopic (exact) mass is 315 g/mol. The highest BCUT2D eigenvalue weighted by Gasteiger charge is 2.21. The van der Waals surface area contributed by atoms with Crippen LogP contribution in [0.1, 0.15) is 30.6 Å². The third kappa shape index (κ3) is 4.39. The van der Waals surface area contributed by atoms with Gasteiger partial charge in [0.25, 0.3) is 0 Å². The summed E-state index contributed by atoms with van der Waals surface area (Å²) in [5.74, 6) is 1.28. The number of aryl methyl sites for hydroxylation is 1. The molecule has 1 aliphatic rings. The second-order valence-electron chi connectivity index (χ2n) is 5.79. The average Bonchev–Trinajstić information content (AvgIpc) is 3.01. The molecule has 1 unspecified atom stereocenters. The van der Waals surface area contributed by atoms with Crippen LogP contribution in [0.5, 0.6) is 0 Å². The number of morpholine rings is 1. The Balaban J connectivity index is 1.50. The van der Waals surface area contributed by atoms with Gasteiger partial charge in [-0.2, -0.15) is 4.98 Å². The van der Waals surface area contributed by atoms with Gasteiger partial charge in [-0.1, -0.05) is 35.5 Å². The van der Waals surface area contributed by atoms with Crippen LogP contribution < -0.4 is 0 Å². The zero-order valence-electron chi connectivity index (χ0n) is 13.3. The Bertz CT molecular complexity index is 642. The summed E-state index contributed by atoms with van der Waals surface area (Å²) in [5.41, 5.74) is 1.14. The summed E-state index contributed by atoms with van der Waals surface area (Å²) in [6.45, 7) is 3.90. The number of benzene rings is 1. The summed E-state index contributed by atoms with van der Waals surface area (Å²) >= 11 is 0. The fourth-order valence-corrected chi connectivity index (χ4v) is 2.66. The molecular formula is C17H21N3O3. The van der Waals surface area contributed by atoms with Crippen LogP contribution in [-0.4, -0.2) is 46.7 Å². The summed E-state index contributed by atoms with van der Waals surface area (Å²) in [6, 6.07) is 10.00. The minimum absolute atomic E-state index is 0.105. The number of ether oxygens (including phenoxy) is 1. The Morgan fingerprint density at radius 3 is 2.96 bits per heavy atom. The van der Waals surface area contributed by atoms with Crippen molar-refractivity contribution in [3.05, 3.63) is 47.6 Å². The molecule has 1 amide bonds. The summed E-state index contributed by atoms with van der Waals surface area (Å²) in [7, 11) is 0. The van der Waals surface area contributed by atoms with E-state index >= 15 is 0 Å². The van der Waals surface area contributed by atoms with Gasteiger partial charge in [0.05, 0.1) is 12.7 Å². The number of hydrogen-bond donors (Lipinski definition) is 0. The number of carbonyl (C=O) groups is 1. The van der Waals surface area contributed by atoms with Crippen molar-refractivity contribution in [3.8, 4) is 0 Å². The molecule has 3 rings (SSSR count). The molecule has 0 bridgehead atoms. The Labute approximate surface area is 135 Å². The molecule has 1 aromatic heterocycles. The van der Waals surface area contributed by atoms with Gasteiger partial charge >= 0.3 is 0 Å². The fourth-order valence-electron chi connectivity index (χ4n) is 2.66. The molecule has 1 aliphatic heterocycles. The van der Waals surface area contributed by atoms with E-state index in [1.807, 2.05) is 42.2 Å². The lowest BCUT2D eigenvalue weighted by molar-refractivity contribution is -0.138. The molecular weight excluding hydrogens is 294 g/mol. The number of aromatic nitrogens is 2. The van der Waals surface area contributed by atoms with Gasteiger partial charge in [0.1, 0.15) is 0 Å². The molecule has 23 heavy (non-hydrogen) atoms. The van der Waals surface area contributed by atoms with E-state index in [0.29, 0.717) is 50.7 Å². The third-order valence-electron chi connectivity index (χ3n) is 3.86. The van der Waals surface area contributed by atoms with Crippen molar-refractivity contribution in [1.82, 2.24) is 15.0 Å². The quantitative estimate of drug-likeness (QED) is 0.842. The number of carbonyl (C=O) groups excluding carboxylic acids is 1. The fraction of sp³-hybridized carbons (Fsp3) is 0.471. The van der Waals surface area contributed by atoms with Gasteiger partial charge in [-0.3, -0.25) is 4.79 Å². The van der Waals surface area contributed by atoms with Crippen molar-refractivity contribution in [2.45, 2.75) is 32.3 Å². The number of hydrogen-bond acceptors (Lipinski definition) is 5. The van der Waals surface area contributed by atoms with Crippen LogP contribution >= 0.6 is 0 Å². The van der Waals surface area contributed by atoms with Gasteiger partial charge in [-0.25, -0.2) is 0 Å². The maximum Gasteiger partial charge on any atom is 0.227 e. The first-order valence-electron chi connectivity index (χ1n) is 7.95. The Morgan fingerprint density at radius 2 is 2.17 bits per heavy atom. The Hall–Kier alpha value is -2.21. The van der Waals surface area contributed by atoms with Crippen molar-refractivity contribution in [1.29, 1.82) is 0 Å². The van der Waals surface area contributed by atoms with E-state index in [1.165, 1.54) is 0 Å². The third-order valence-corrected chi connectivity index (χ3v) is 3.86. The van der Waals surface area contributed by atoms with Crippen LogP contribution in [0.15, 0.2) is 34.9 Å². The minimum atomic E-state index is 0.105. The Morgan fingerprint density at radius 1 is 1.35 bits per heavy atom. The van der Waals surface area contributed by atoms with Crippen LogP contribution in [0, 0.1) is 0 Å². The smallest absolute Gasteiger partial charge is 0.227 e. The van der Waals surface area contributed by atoms with Crippen molar-refractivity contribution < 1.29 is 14.1 Å². The van der Waals surface area contributed by atoms with Crippen molar-refractivity contribution in [3.63, 3.8) is 0 Å². The second kappa shape index (κ2) is 7.37. The molecule has 1 aromatic carbocycles. The molecule has 122 valence electrons. The molecule has 0 N–H and O–H groups in total. The molecule has 1 fully saturated rings. The van der Waals surface area contributed by atoms with E-state index in [2.05, 4.69) is 10.1 Å². The van der Waals surface area contributed by atoms with Gasteiger partial charge < -0.3 is 14.2 Å². The maximum absolute atomic E-state index is 12.2. The first kappa shape index (κ1) is 15.7. The zero-order valence-corrected chi connectivity index (χ0v) is 13.3. The highest BCUT2D eigenvalue weighted by atomic mass is 16.5. The average molecular weight is 315 g/mol. The van der Waals surface area contributed by atoms with E-state index in [1.54, 1.807) is 0 Å². The van der Waals surface area contributed by atoms with Crippen molar-refractivity contribution >= 4 is 5.91 Å². The summed E-state index contributed by atoms with van der Waals surface area (Å²) in [5, 5.41) is 3.98. The molecule has 2 aromatic rings. The summed E-state index contributed by atoms with van der Waals surface area (Å²) in [6.07, 6.45) is 1.61. The molecule has 0 radical (unpaired) electrons. The zero-order chi connectivity index (χ0) is 16.1. The SMILES string of the molecule is CC1CN(C(=O)CCc2nc(Cc3ccccc3)no2)CCO1. The predicted molar refractivity (Wildman–Crippen MR) is 83.9 cm³/mol. The van der Waals surface area contributed by atoms with Crippen LogP contribution in [0.3, 0.4) is 0 Å². The normalized spacial score (nSPS) is 18.1. The number of amides is 1. The van der Waals surface area contributed by atoms with Crippen LogP contribution in [0.2, 0.25) is 0 Å². The van der Waals surface area contributed by atoms with Gasteiger partial charge in [0.15, 0.2) is 5.82 Å². The lowest BCUT2D eigenvalue weighted by Crippen LogP contribution is -2.44. The first-order chi connectivity index (χ1) is 11.2. The van der Waals surface area contributed by atoms with Gasteiger partial charge in [0, 0.05) is 32.4 Å². The molecule has 6 heteroatoms. The molecule has 1 atom stereocenters. The van der Waals surface area contributed by atoms with Crippen molar-refractivity contribution in [2.75, 3.05) is 19.7 Å². The molecule has 0 aliphatic carbocycles. The largest absolute Gasteiger partial charge is 0.375 e. The molecule has 0 saturated carbocycles. The maximum atomic E-state index is 12.2. The van der Waals surface area contributed by atoms with Crippen LogP contribution in [0.4, 0.5) is 0 Å². The molecule has 2 heterocycles. The predicted octanol–water partition coefficient (Wildman–Crippen LogP) is 1.84. The molecule has 1 saturated heterocycles. The highest BCUT2D eigenvalue weighted by Crippen LogP contribution is 2.10. The second-order valence-corrected chi connectivity index (χ2v) is 5.79. The van der Waals surface area contributed by atoms with Crippen LogP contribution in [0.25, 0.3) is 0 Å². The summed E-state index contributed by atoms with van der Waals surface area (Å²) in [4.78, 5) is 18.4. The summed E-state index contributed by atoms with van der Waals surface area (Å²) < 4.78 is 10.7. The van der Waals surface area contributed by atoms with Gasteiger partial charge in [-0.15, -0.1) is 0 Å². The first-order valence-corrected chi connectivity index (χ1v) is 7.95. The van der Waals surface area contributed by atoms with Crippen LogP contribution in [-0.2, 0) is 22.4 Å². The van der Waals surface area contributed by atoms with E-state index < -0.39 is 0 Å². The Kier molecular flexibility index (Phi) is 5.02. The van der Waals surface area contributed by atoms with E-state index in [0.717, 1.165) is 5.56 Å². The molecule has 0 spiro atoms. The van der Waals surface area contributed by atoms with E-state index in [9.17, 15) is 4.79 Å². The standard InChI is InChI=1S/C17H21N3O3/c1-13-12-20(9-10-22-13)17(21)8-7-16-18-15(19-23-16)11-14-5-3-2-4-6-14/h2-6,13H,7-12H2,1H3. The lowest BCUT2D eigenvalue weighted by Gasteiger charge is -2.31. The van der Waals surface area contributed by atoms with Crippen molar-refractivity contribution in [2.24, 2.45) is 0 Å². The van der Waals surface area contributed by atoms with E-state index in [4.69, 9.17) is 9.26 Å². The minimum Gasteiger partial charge on any atom is -0.375 e. The highest BCUT2D eigenvalue weighted by molar-refractivity contribution is 5.76. The topological polar surface area (TPSA) is 68.5 Å². The van der Waals surface area contributed by atoms with Gasteiger partial charge in [-0.05, 0) is 12.5 Å². The number of nitrogens with zero attached hydrogens (tertiary/aromatic N) is 3. The van der Waals surface area contributed by atoms with Gasteiger partial charge in [0.2, 0.25) is 11.8 Å². The number of rotatable bonds is 5. The van der Waals surface area contributed by atoms with E-state index in [-0.39, 0.29) is 12.0 Å².